The SMILES string of the molecule is N#CCC(OP(=O)(OC(CC#N)c1ccccc1Cl)SC(CC#N)c1ccccc1Cl)c1ccccc1Cl. The summed E-state index contributed by atoms with van der Waals surface area (Å²) in [5, 5.41) is 28.9. The van der Waals surface area contributed by atoms with Gasteiger partial charge < -0.3 is 0 Å². The number of benzene rings is 3. The van der Waals surface area contributed by atoms with Crippen molar-refractivity contribution in [1.29, 1.82) is 15.8 Å². The molecule has 3 aromatic carbocycles. The zero-order valence-corrected chi connectivity index (χ0v) is 23.8. The van der Waals surface area contributed by atoms with Gasteiger partial charge in [0.2, 0.25) is 0 Å². The van der Waals surface area contributed by atoms with E-state index in [2.05, 4.69) is 6.07 Å². The second-order valence-electron chi connectivity index (χ2n) is 7.88. The maximum atomic E-state index is 14.6. The monoisotopic (exact) mass is 603 g/mol. The third kappa shape index (κ3) is 8.00. The zero-order valence-electron chi connectivity index (χ0n) is 19.8. The minimum Gasteiger partial charge on any atom is -0.291 e. The topological polar surface area (TPSA) is 107 Å². The number of nitriles is 3. The van der Waals surface area contributed by atoms with Gasteiger partial charge in [0, 0.05) is 26.2 Å². The zero-order chi connectivity index (χ0) is 27.5. The van der Waals surface area contributed by atoms with Gasteiger partial charge in [-0.25, -0.2) is 4.57 Å². The van der Waals surface area contributed by atoms with Crippen LogP contribution in [0.2, 0.25) is 15.1 Å². The van der Waals surface area contributed by atoms with Crippen molar-refractivity contribution in [3.8, 4) is 18.2 Å². The maximum absolute atomic E-state index is 14.6. The molecule has 38 heavy (non-hydrogen) atoms. The van der Waals surface area contributed by atoms with Gasteiger partial charge in [-0.05, 0) is 35.1 Å². The van der Waals surface area contributed by atoms with Gasteiger partial charge in [0.1, 0.15) is 12.2 Å². The van der Waals surface area contributed by atoms with Crippen LogP contribution in [0.3, 0.4) is 0 Å². The van der Waals surface area contributed by atoms with Gasteiger partial charge in [-0.1, -0.05) is 89.4 Å². The van der Waals surface area contributed by atoms with Crippen molar-refractivity contribution in [2.75, 3.05) is 0 Å². The fourth-order valence-electron chi connectivity index (χ4n) is 3.61. The quantitative estimate of drug-likeness (QED) is 0.189. The molecule has 0 saturated heterocycles. The predicted molar refractivity (Wildman–Crippen MR) is 151 cm³/mol. The van der Waals surface area contributed by atoms with Crippen LogP contribution in [0.25, 0.3) is 0 Å². The molecule has 0 radical (unpaired) electrons. The van der Waals surface area contributed by atoms with E-state index in [1.54, 1.807) is 72.8 Å². The summed E-state index contributed by atoms with van der Waals surface area (Å²) in [5.41, 5.74) is 1.46. The van der Waals surface area contributed by atoms with Gasteiger partial charge in [-0.15, -0.1) is 0 Å². The molecule has 194 valence electrons. The molecule has 0 aromatic heterocycles. The molecule has 0 aliphatic carbocycles. The second kappa shape index (κ2) is 14.6. The van der Waals surface area contributed by atoms with E-state index in [1.807, 2.05) is 12.1 Å². The Morgan fingerprint density at radius 1 is 0.658 bits per heavy atom. The Hall–Kier alpha value is -2.50. The van der Waals surface area contributed by atoms with Gasteiger partial charge >= 0.3 is 6.80 Å². The lowest BCUT2D eigenvalue weighted by Crippen LogP contribution is -2.09. The first kappa shape index (κ1) is 30.0. The summed E-state index contributed by atoms with van der Waals surface area (Å²) in [6.45, 7) is -4.25. The first-order valence-corrected chi connectivity index (χ1v) is 15.5. The number of hydrogen-bond acceptors (Lipinski definition) is 7. The number of rotatable bonds is 12. The molecule has 0 amide bonds. The molecule has 0 spiro atoms. The Labute approximate surface area is 240 Å². The maximum Gasteiger partial charge on any atom is 0.391 e. The van der Waals surface area contributed by atoms with Crippen LogP contribution >= 0.6 is 53.0 Å². The first-order valence-electron chi connectivity index (χ1n) is 11.3. The lowest BCUT2D eigenvalue weighted by Gasteiger charge is -2.29. The normalized spacial score (nSPS) is 14.7. The molecule has 0 heterocycles. The van der Waals surface area contributed by atoms with Gasteiger partial charge in [0.05, 0.1) is 42.7 Å². The van der Waals surface area contributed by atoms with E-state index in [-0.39, 0.29) is 19.3 Å². The van der Waals surface area contributed by atoms with Crippen LogP contribution in [0.15, 0.2) is 72.8 Å². The van der Waals surface area contributed by atoms with Crippen LogP contribution in [-0.2, 0) is 13.6 Å². The average molecular weight is 605 g/mol. The Balaban J connectivity index is 2.09. The molecule has 11 heteroatoms. The minimum atomic E-state index is -4.25. The summed E-state index contributed by atoms with van der Waals surface area (Å²) in [5.74, 6) is 0. The van der Waals surface area contributed by atoms with Crippen LogP contribution in [-0.4, -0.2) is 0 Å². The highest BCUT2D eigenvalue weighted by atomic mass is 35.5. The largest absolute Gasteiger partial charge is 0.391 e. The fraction of sp³-hybridized carbons (Fsp3) is 0.222. The summed E-state index contributed by atoms with van der Waals surface area (Å²) in [6.07, 6.45) is -2.46. The van der Waals surface area contributed by atoms with E-state index in [9.17, 15) is 20.4 Å². The van der Waals surface area contributed by atoms with Crippen LogP contribution in [0.1, 0.15) is 53.4 Å². The minimum absolute atomic E-state index is 0.0604. The Bertz CT molecular complexity index is 1270. The molecule has 3 rings (SSSR count). The Morgan fingerprint density at radius 2 is 1.03 bits per heavy atom. The third-order valence-corrected chi connectivity index (χ3v) is 10.4. The summed E-state index contributed by atoms with van der Waals surface area (Å²) < 4.78 is 26.8. The molecule has 3 atom stereocenters. The van der Waals surface area contributed by atoms with Crippen molar-refractivity contribution < 1.29 is 13.6 Å². The van der Waals surface area contributed by atoms with Crippen molar-refractivity contribution >= 4 is 53.0 Å². The van der Waals surface area contributed by atoms with Crippen molar-refractivity contribution in [1.82, 2.24) is 0 Å². The van der Waals surface area contributed by atoms with E-state index in [4.69, 9.17) is 43.9 Å². The van der Waals surface area contributed by atoms with Crippen LogP contribution in [0.5, 0.6) is 0 Å². The summed E-state index contributed by atoms with van der Waals surface area (Å²) >= 11 is 20.0. The molecule has 0 fully saturated rings. The standard InChI is InChI=1S/C27H21Cl3N3O3PS/c28-22-10-4-1-7-19(22)25(13-16-31)35-37(34,36-26(14-17-32)20-8-2-5-11-23(20)29)38-27(15-18-33)21-9-3-6-12-24(21)30/h1-12,25-27H,13-15H2. The molecule has 3 aromatic rings. The van der Waals surface area contributed by atoms with Gasteiger partial charge in [0.15, 0.2) is 0 Å². The lowest BCUT2D eigenvalue weighted by atomic mass is 10.1. The average Bonchev–Trinajstić information content (AvgIpc) is 2.89. The highest BCUT2D eigenvalue weighted by molar-refractivity contribution is 8.55. The van der Waals surface area contributed by atoms with Crippen molar-refractivity contribution in [2.45, 2.75) is 36.7 Å². The molecular formula is C27H21Cl3N3O3PS. The van der Waals surface area contributed by atoms with E-state index in [0.29, 0.717) is 31.8 Å². The van der Waals surface area contributed by atoms with Gasteiger partial charge in [-0.2, -0.15) is 15.8 Å². The Morgan fingerprint density at radius 3 is 1.39 bits per heavy atom. The molecule has 6 nitrogen and oxygen atoms in total. The Kier molecular flexibility index (Phi) is 11.5. The first-order chi connectivity index (χ1) is 18.3. The van der Waals surface area contributed by atoms with Gasteiger partial charge in [0.25, 0.3) is 0 Å². The third-order valence-electron chi connectivity index (χ3n) is 5.36. The van der Waals surface area contributed by atoms with Crippen LogP contribution in [0, 0.1) is 34.0 Å². The lowest BCUT2D eigenvalue weighted by molar-refractivity contribution is 0.128. The summed E-state index contributed by atoms with van der Waals surface area (Å²) in [7, 11) is 0. The molecule has 0 N–H and O–H groups in total. The van der Waals surface area contributed by atoms with E-state index in [1.165, 1.54) is 0 Å². The van der Waals surface area contributed by atoms with Gasteiger partial charge in [-0.3, -0.25) is 9.05 Å². The predicted octanol–water partition coefficient (Wildman–Crippen LogP) is 9.79. The summed E-state index contributed by atoms with van der Waals surface area (Å²) in [4.78, 5) is 0. The molecule has 0 aliphatic heterocycles. The highest BCUT2D eigenvalue weighted by Gasteiger charge is 2.39. The molecule has 0 aliphatic rings. The van der Waals surface area contributed by atoms with E-state index in [0.717, 1.165) is 11.4 Å². The second-order valence-corrected chi connectivity index (χ2v) is 13.2. The molecule has 3 unspecified atom stereocenters. The van der Waals surface area contributed by atoms with E-state index < -0.39 is 24.3 Å². The molecule has 0 bridgehead atoms. The fourth-order valence-corrected chi connectivity index (χ4v) is 8.81. The van der Waals surface area contributed by atoms with Crippen molar-refractivity contribution in [2.24, 2.45) is 0 Å². The smallest absolute Gasteiger partial charge is 0.291 e. The number of halogens is 3. The number of nitrogens with zero attached hydrogens (tertiary/aromatic N) is 3. The van der Waals surface area contributed by atoms with E-state index >= 15 is 0 Å². The summed E-state index contributed by atoms with van der Waals surface area (Å²) in [6, 6.07) is 26.5. The van der Waals surface area contributed by atoms with Crippen molar-refractivity contribution in [3.63, 3.8) is 0 Å². The number of hydrogen-bond donors (Lipinski definition) is 0. The van der Waals surface area contributed by atoms with Crippen LogP contribution in [0.4, 0.5) is 0 Å². The van der Waals surface area contributed by atoms with Crippen LogP contribution < -0.4 is 0 Å². The van der Waals surface area contributed by atoms with Crippen molar-refractivity contribution in [3.05, 3.63) is 105 Å². The molecule has 0 saturated carbocycles. The highest BCUT2D eigenvalue weighted by Crippen LogP contribution is 2.70. The molecular weight excluding hydrogens is 584 g/mol.